The van der Waals surface area contributed by atoms with E-state index < -0.39 is 8.07 Å². The lowest BCUT2D eigenvalue weighted by molar-refractivity contribution is 0.0881. The molecule has 0 saturated heterocycles. The van der Waals surface area contributed by atoms with Crippen LogP contribution in [0, 0.1) is 0 Å². The lowest BCUT2D eigenvalue weighted by Gasteiger charge is -2.16. The van der Waals surface area contributed by atoms with Gasteiger partial charge in [0.15, 0.2) is 0 Å². The summed E-state index contributed by atoms with van der Waals surface area (Å²) in [6.45, 7) is 8.26. The highest BCUT2D eigenvalue weighted by molar-refractivity contribution is 6.76. The van der Waals surface area contributed by atoms with Crippen LogP contribution in [0.1, 0.15) is 12.1 Å². The molecule has 2 aromatic rings. The summed E-state index contributed by atoms with van der Waals surface area (Å²) in [4.78, 5) is 4.44. The molecule has 0 radical (unpaired) electrons. The molecule has 7 heteroatoms. The number of fused-ring (bicyclic) bond motifs is 1. The third-order valence-corrected chi connectivity index (χ3v) is 5.90. The van der Waals surface area contributed by atoms with Gasteiger partial charge in [-0.1, -0.05) is 31.2 Å². The molecule has 0 saturated carbocycles. The summed E-state index contributed by atoms with van der Waals surface area (Å²) >= 11 is 11.9. The molecule has 0 aliphatic carbocycles. The topological polar surface area (TPSA) is 53.1 Å². The Kier molecular flexibility index (Phi) is 6.37. The van der Waals surface area contributed by atoms with Gasteiger partial charge in [0.05, 0.1) is 0 Å². The Bertz CT molecular complexity index is 667. The molecular formula is C16H25Cl2N3OSi. The van der Waals surface area contributed by atoms with E-state index in [1.165, 1.54) is 0 Å². The van der Waals surface area contributed by atoms with Crippen molar-refractivity contribution in [3.05, 3.63) is 23.0 Å². The van der Waals surface area contributed by atoms with Gasteiger partial charge >= 0.3 is 0 Å². The van der Waals surface area contributed by atoms with Crippen molar-refractivity contribution in [1.29, 1.82) is 0 Å². The van der Waals surface area contributed by atoms with Crippen molar-refractivity contribution in [2.24, 2.45) is 0 Å². The Labute approximate surface area is 148 Å². The normalized spacial score (nSPS) is 12.2. The van der Waals surface area contributed by atoms with Crippen LogP contribution < -0.4 is 5.73 Å². The van der Waals surface area contributed by atoms with Crippen LogP contribution in [0.3, 0.4) is 0 Å². The number of ether oxygens (including phenoxy) is 1. The molecule has 0 fully saturated rings. The molecule has 2 aromatic heterocycles. The zero-order valence-corrected chi connectivity index (χ0v) is 16.5. The number of anilines is 1. The monoisotopic (exact) mass is 373 g/mol. The summed E-state index contributed by atoms with van der Waals surface area (Å²) < 4.78 is 7.97. The van der Waals surface area contributed by atoms with Gasteiger partial charge in [0.25, 0.3) is 0 Å². The molecule has 0 bridgehead atoms. The van der Waals surface area contributed by atoms with Crippen LogP contribution in [-0.2, 0) is 17.9 Å². The highest BCUT2D eigenvalue weighted by Gasteiger charge is 2.15. The van der Waals surface area contributed by atoms with Crippen molar-refractivity contribution < 1.29 is 4.74 Å². The van der Waals surface area contributed by atoms with E-state index in [1.54, 1.807) is 6.07 Å². The van der Waals surface area contributed by atoms with E-state index >= 15 is 0 Å². The smallest absolute Gasteiger partial charge is 0.145 e. The molecule has 2 rings (SSSR count). The summed E-state index contributed by atoms with van der Waals surface area (Å²) in [6.07, 6.45) is 1.77. The average molecular weight is 374 g/mol. The van der Waals surface area contributed by atoms with Gasteiger partial charge < -0.3 is 15.0 Å². The van der Waals surface area contributed by atoms with Crippen molar-refractivity contribution >= 4 is 48.0 Å². The van der Waals surface area contributed by atoms with Crippen molar-refractivity contribution in [2.75, 3.05) is 18.2 Å². The number of rotatable bonds is 8. The maximum atomic E-state index is 6.08. The SMILES string of the molecule is C[Si](C)(C)CCOCn1c(CCCCl)cc2c(N)cc(Cl)nc21. The second kappa shape index (κ2) is 7.88. The van der Waals surface area contributed by atoms with Gasteiger partial charge in [-0.25, -0.2) is 4.98 Å². The summed E-state index contributed by atoms with van der Waals surface area (Å²) in [7, 11) is -1.09. The number of hydrogen-bond donors (Lipinski definition) is 1. The highest BCUT2D eigenvalue weighted by atomic mass is 35.5. The van der Waals surface area contributed by atoms with E-state index in [2.05, 4.69) is 35.3 Å². The summed E-state index contributed by atoms with van der Waals surface area (Å²) in [6, 6.07) is 4.90. The van der Waals surface area contributed by atoms with Gasteiger partial charge in [0.2, 0.25) is 0 Å². The van der Waals surface area contributed by atoms with Crippen LogP contribution in [-0.4, -0.2) is 30.1 Å². The fourth-order valence-corrected chi connectivity index (χ4v) is 3.48. The molecule has 2 heterocycles. The van der Waals surface area contributed by atoms with Crippen molar-refractivity contribution in [3.63, 3.8) is 0 Å². The summed E-state index contributed by atoms with van der Waals surface area (Å²) in [5.41, 5.74) is 8.65. The van der Waals surface area contributed by atoms with Crippen LogP contribution in [0.2, 0.25) is 30.8 Å². The van der Waals surface area contributed by atoms with Crippen LogP contribution in [0.15, 0.2) is 12.1 Å². The lowest BCUT2D eigenvalue weighted by atomic mass is 10.2. The van der Waals surface area contributed by atoms with Crippen LogP contribution in [0.4, 0.5) is 5.69 Å². The Morgan fingerprint density at radius 1 is 1.30 bits per heavy atom. The number of nitrogens with two attached hydrogens (primary N) is 1. The molecule has 0 unspecified atom stereocenters. The fraction of sp³-hybridized carbons (Fsp3) is 0.562. The van der Waals surface area contributed by atoms with E-state index in [-0.39, 0.29) is 0 Å². The van der Waals surface area contributed by atoms with E-state index in [0.717, 1.165) is 42.2 Å². The standard InChI is InChI=1S/C16H25Cl2N3OSi/c1-23(2,3)8-7-22-11-21-12(5-4-6-17)9-13-14(19)10-15(18)20-16(13)21/h9-10H,4-8,11H2,1-3H3,(H2,19,20). The van der Waals surface area contributed by atoms with Gasteiger partial charge in [-0.05, 0) is 31.0 Å². The molecule has 0 aliphatic heterocycles. The van der Waals surface area contributed by atoms with E-state index in [9.17, 15) is 0 Å². The van der Waals surface area contributed by atoms with Crippen LogP contribution in [0.5, 0.6) is 0 Å². The number of alkyl halides is 1. The summed E-state index contributed by atoms with van der Waals surface area (Å²) in [5.74, 6) is 0.627. The zero-order valence-electron chi connectivity index (χ0n) is 14.0. The average Bonchev–Trinajstić information content (AvgIpc) is 2.78. The molecule has 0 spiro atoms. The quantitative estimate of drug-likeness (QED) is 0.314. The number of pyridine rings is 1. The number of nitrogen functional groups attached to an aromatic ring is 1. The number of halogens is 2. The first-order valence-corrected chi connectivity index (χ1v) is 12.5. The molecule has 0 amide bonds. The van der Waals surface area contributed by atoms with Gasteiger partial charge in [-0.15, -0.1) is 11.6 Å². The first-order chi connectivity index (χ1) is 10.8. The minimum absolute atomic E-state index is 0.403. The minimum atomic E-state index is -1.09. The van der Waals surface area contributed by atoms with Crippen LogP contribution in [0.25, 0.3) is 11.0 Å². The van der Waals surface area contributed by atoms with Gasteiger partial charge in [-0.3, -0.25) is 0 Å². The van der Waals surface area contributed by atoms with Crippen molar-refractivity contribution in [1.82, 2.24) is 9.55 Å². The second-order valence-corrected chi connectivity index (χ2v) is 13.4. The van der Waals surface area contributed by atoms with Crippen LogP contribution >= 0.6 is 23.2 Å². The van der Waals surface area contributed by atoms with Gasteiger partial charge in [0.1, 0.15) is 17.5 Å². The fourth-order valence-electron chi connectivity index (χ4n) is 2.40. The largest absolute Gasteiger partial charge is 0.398 e. The number of aryl methyl sites for hydroxylation is 1. The predicted molar refractivity (Wildman–Crippen MR) is 102 cm³/mol. The second-order valence-electron chi connectivity index (χ2n) is 6.98. The zero-order chi connectivity index (χ0) is 17.0. The third-order valence-electron chi connectivity index (χ3n) is 3.74. The maximum Gasteiger partial charge on any atom is 0.145 e. The minimum Gasteiger partial charge on any atom is -0.398 e. The van der Waals surface area contributed by atoms with Crippen molar-refractivity contribution in [3.8, 4) is 0 Å². The Hall–Kier alpha value is -0.753. The van der Waals surface area contributed by atoms with E-state index in [0.29, 0.717) is 23.5 Å². The summed E-state index contributed by atoms with van der Waals surface area (Å²) in [5, 5.41) is 1.33. The molecule has 0 aromatic carbocycles. The van der Waals surface area contributed by atoms with Gasteiger partial charge in [0, 0.05) is 37.3 Å². The molecule has 2 N–H and O–H groups in total. The van der Waals surface area contributed by atoms with E-state index in [4.69, 9.17) is 33.7 Å². The first kappa shape index (κ1) is 18.6. The first-order valence-electron chi connectivity index (χ1n) is 7.89. The molecule has 0 atom stereocenters. The predicted octanol–water partition coefficient (Wildman–Crippen LogP) is 4.76. The van der Waals surface area contributed by atoms with Crippen molar-refractivity contribution in [2.45, 2.75) is 45.3 Å². The number of aromatic nitrogens is 2. The van der Waals surface area contributed by atoms with E-state index in [1.807, 2.05) is 0 Å². The molecule has 23 heavy (non-hydrogen) atoms. The number of hydrogen-bond acceptors (Lipinski definition) is 3. The maximum absolute atomic E-state index is 6.08. The molecule has 0 aliphatic rings. The van der Waals surface area contributed by atoms with Gasteiger partial charge in [-0.2, -0.15) is 0 Å². The Morgan fingerprint density at radius 3 is 2.70 bits per heavy atom. The molecular weight excluding hydrogens is 349 g/mol. The lowest BCUT2D eigenvalue weighted by Crippen LogP contribution is -2.22. The highest BCUT2D eigenvalue weighted by Crippen LogP contribution is 2.27. The Morgan fingerprint density at radius 2 is 2.04 bits per heavy atom. The molecule has 128 valence electrons. The number of nitrogens with zero attached hydrogens (tertiary/aromatic N) is 2. The Balaban J connectivity index is 2.23. The third kappa shape index (κ3) is 5.11. The molecule has 4 nitrogen and oxygen atoms in total.